The van der Waals surface area contributed by atoms with Crippen LogP contribution in [-0.2, 0) is 6.42 Å². The van der Waals surface area contributed by atoms with Crippen molar-refractivity contribution in [1.82, 2.24) is 0 Å². The molecule has 88 valence electrons. The first-order valence-electron chi connectivity index (χ1n) is 6.00. The summed E-state index contributed by atoms with van der Waals surface area (Å²) < 4.78 is 0. The lowest BCUT2D eigenvalue weighted by molar-refractivity contribution is 0.435. The molecule has 0 fully saturated rings. The van der Waals surface area contributed by atoms with Gasteiger partial charge in [0.05, 0.1) is 0 Å². The summed E-state index contributed by atoms with van der Waals surface area (Å²) in [5, 5.41) is 9.72. The molecule has 16 heavy (non-hydrogen) atoms. The summed E-state index contributed by atoms with van der Waals surface area (Å²) >= 11 is 0. The molecular formula is C15H22O. The Morgan fingerprint density at radius 2 is 1.94 bits per heavy atom. The predicted octanol–water partition coefficient (Wildman–Crippen LogP) is 4.32. The zero-order valence-corrected chi connectivity index (χ0v) is 10.5. The van der Waals surface area contributed by atoms with E-state index in [2.05, 4.69) is 32.9 Å². The van der Waals surface area contributed by atoms with Crippen LogP contribution in [0, 0.1) is 5.41 Å². The minimum absolute atomic E-state index is 0.105. The van der Waals surface area contributed by atoms with Crippen molar-refractivity contribution < 1.29 is 5.11 Å². The molecular weight excluding hydrogens is 196 g/mol. The van der Waals surface area contributed by atoms with Gasteiger partial charge in [0.2, 0.25) is 0 Å². The fourth-order valence-electron chi connectivity index (χ4n) is 1.78. The number of phenolic OH excluding ortho intramolecular Hbond substituents is 1. The van der Waals surface area contributed by atoms with Gasteiger partial charge in [-0.05, 0) is 29.9 Å². The van der Waals surface area contributed by atoms with Gasteiger partial charge in [-0.15, -0.1) is 0 Å². The van der Waals surface area contributed by atoms with E-state index in [1.54, 1.807) is 6.07 Å². The molecule has 1 nitrogen and oxygen atoms in total. The first kappa shape index (κ1) is 12.8. The molecule has 1 aromatic rings. The smallest absolute Gasteiger partial charge is 0.118 e. The highest BCUT2D eigenvalue weighted by atomic mass is 16.3. The van der Waals surface area contributed by atoms with Gasteiger partial charge in [-0.2, -0.15) is 0 Å². The van der Waals surface area contributed by atoms with Gasteiger partial charge in [0.25, 0.3) is 0 Å². The van der Waals surface area contributed by atoms with Crippen molar-refractivity contribution in [3.8, 4) is 5.75 Å². The summed E-state index contributed by atoms with van der Waals surface area (Å²) in [6, 6.07) is 7.57. The lowest BCUT2D eigenvalue weighted by Crippen LogP contribution is -2.11. The van der Waals surface area contributed by atoms with Crippen molar-refractivity contribution in [2.75, 3.05) is 0 Å². The Balaban J connectivity index is 2.69. The van der Waals surface area contributed by atoms with Crippen LogP contribution in [0.4, 0.5) is 0 Å². The topological polar surface area (TPSA) is 20.2 Å². The normalized spacial score (nSPS) is 12.2. The minimum atomic E-state index is 0.105. The van der Waals surface area contributed by atoms with Crippen LogP contribution in [0.15, 0.2) is 36.4 Å². The fourth-order valence-corrected chi connectivity index (χ4v) is 1.78. The molecule has 0 aliphatic carbocycles. The van der Waals surface area contributed by atoms with E-state index in [9.17, 15) is 5.11 Å². The third kappa shape index (κ3) is 4.09. The van der Waals surface area contributed by atoms with Crippen molar-refractivity contribution in [1.29, 1.82) is 0 Å². The number of rotatable bonds is 5. The highest BCUT2D eigenvalue weighted by Gasteiger charge is 2.16. The zero-order chi connectivity index (χ0) is 12.0. The van der Waals surface area contributed by atoms with Gasteiger partial charge in [-0.3, -0.25) is 0 Å². The van der Waals surface area contributed by atoms with E-state index in [1.165, 1.54) is 6.42 Å². The van der Waals surface area contributed by atoms with Gasteiger partial charge in [-0.25, -0.2) is 0 Å². The summed E-state index contributed by atoms with van der Waals surface area (Å²) in [6.07, 6.45) is 7.68. The average Bonchev–Trinajstić information content (AvgIpc) is 2.21. The maximum atomic E-state index is 9.72. The summed E-state index contributed by atoms with van der Waals surface area (Å²) in [5.41, 5.74) is 1.13. The monoisotopic (exact) mass is 218 g/mol. The first-order valence-corrected chi connectivity index (χ1v) is 6.00. The van der Waals surface area contributed by atoms with Crippen LogP contribution in [0.2, 0.25) is 0 Å². The molecule has 0 aliphatic heterocycles. The van der Waals surface area contributed by atoms with Crippen LogP contribution in [0.5, 0.6) is 5.75 Å². The minimum Gasteiger partial charge on any atom is -0.508 e. The summed E-state index contributed by atoms with van der Waals surface area (Å²) in [5.74, 6) is 0.402. The molecule has 0 spiro atoms. The molecule has 1 N–H and O–H groups in total. The second-order valence-corrected chi connectivity index (χ2v) is 4.99. The number of unbranched alkanes of at least 4 members (excludes halogenated alkanes) is 1. The van der Waals surface area contributed by atoms with Crippen LogP contribution in [0.3, 0.4) is 0 Å². The maximum Gasteiger partial charge on any atom is 0.118 e. The molecule has 0 saturated heterocycles. The van der Waals surface area contributed by atoms with Crippen LogP contribution >= 0.6 is 0 Å². The van der Waals surface area contributed by atoms with Crippen molar-refractivity contribution in [3.05, 3.63) is 42.0 Å². The van der Waals surface area contributed by atoms with E-state index < -0.39 is 0 Å². The largest absolute Gasteiger partial charge is 0.508 e. The van der Waals surface area contributed by atoms with Crippen molar-refractivity contribution in [2.24, 2.45) is 5.41 Å². The molecule has 0 bridgehead atoms. The molecule has 0 aliphatic rings. The Hall–Kier alpha value is -1.24. The molecule has 0 aromatic heterocycles. The van der Waals surface area contributed by atoms with Crippen molar-refractivity contribution in [2.45, 2.75) is 40.0 Å². The SMILES string of the molecule is CCC/C=C/C(C)(C)Cc1ccccc1O. The first-order chi connectivity index (χ1) is 7.55. The van der Waals surface area contributed by atoms with Crippen LogP contribution in [0.1, 0.15) is 39.2 Å². The van der Waals surface area contributed by atoms with Gasteiger partial charge in [0.15, 0.2) is 0 Å². The third-order valence-electron chi connectivity index (χ3n) is 2.66. The fraction of sp³-hybridized carbons (Fsp3) is 0.467. The number of hydrogen-bond acceptors (Lipinski definition) is 1. The zero-order valence-electron chi connectivity index (χ0n) is 10.5. The van der Waals surface area contributed by atoms with Gasteiger partial charge >= 0.3 is 0 Å². The number of phenols is 1. The highest BCUT2D eigenvalue weighted by molar-refractivity contribution is 5.33. The molecule has 0 saturated carbocycles. The Morgan fingerprint density at radius 1 is 1.25 bits per heavy atom. The van der Waals surface area contributed by atoms with E-state index in [-0.39, 0.29) is 5.41 Å². The van der Waals surface area contributed by atoms with Gasteiger partial charge < -0.3 is 5.11 Å². The second kappa shape index (κ2) is 5.74. The number of aromatic hydroxyl groups is 1. The van der Waals surface area contributed by atoms with Gasteiger partial charge in [0, 0.05) is 0 Å². The predicted molar refractivity (Wildman–Crippen MR) is 69.6 cm³/mol. The quantitative estimate of drug-likeness (QED) is 0.730. The standard InChI is InChI=1S/C15H22O/c1-4-5-8-11-15(2,3)12-13-9-6-7-10-14(13)16/h6-11,16H,4-5,12H2,1-3H3/b11-8+. The Labute approximate surface area is 98.8 Å². The second-order valence-electron chi connectivity index (χ2n) is 4.99. The molecule has 0 amide bonds. The number of hydrogen-bond donors (Lipinski definition) is 1. The molecule has 1 aromatic carbocycles. The highest BCUT2D eigenvalue weighted by Crippen LogP contribution is 2.28. The maximum absolute atomic E-state index is 9.72. The van der Waals surface area contributed by atoms with E-state index in [1.807, 2.05) is 18.2 Å². The Morgan fingerprint density at radius 3 is 2.56 bits per heavy atom. The summed E-state index contributed by atoms with van der Waals surface area (Å²) in [7, 11) is 0. The Kier molecular flexibility index (Phi) is 4.60. The summed E-state index contributed by atoms with van der Waals surface area (Å²) in [4.78, 5) is 0. The van der Waals surface area contributed by atoms with Crippen LogP contribution in [0.25, 0.3) is 0 Å². The average molecular weight is 218 g/mol. The van der Waals surface area contributed by atoms with Gasteiger partial charge in [-0.1, -0.05) is 57.5 Å². The third-order valence-corrected chi connectivity index (χ3v) is 2.66. The molecule has 0 unspecified atom stereocenters. The number of allylic oxidation sites excluding steroid dienone is 2. The number of para-hydroxylation sites is 1. The van der Waals surface area contributed by atoms with Gasteiger partial charge in [0.1, 0.15) is 5.75 Å². The van der Waals surface area contributed by atoms with E-state index >= 15 is 0 Å². The van der Waals surface area contributed by atoms with Crippen molar-refractivity contribution in [3.63, 3.8) is 0 Å². The van der Waals surface area contributed by atoms with Crippen molar-refractivity contribution >= 4 is 0 Å². The van der Waals surface area contributed by atoms with E-state index in [0.29, 0.717) is 5.75 Å². The molecule has 0 radical (unpaired) electrons. The molecule has 0 atom stereocenters. The summed E-state index contributed by atoms with van der Waals surface area (Å²) in [6.45, 7) is 6.58. The van der Waals surface area contributed by atoms with E-state index in [0.717, 1.165) is 18.4 Å². The molecule has 1 heteroatoms. The molecule has 0 heterocycles. The van der Waals surface area contributed by atoms with Crippen LogP contribution in [-0.4, -0.2) is 5.11 Å². The molecule has 1 rings (SSSR count). The lowest BCUT2D eigenvalue weighted by atomic mass is 9.85. The Bertz CT molecular complexity index is 350. The van der Waals surface area contributed by atoms with E-state index in [4.69, 9.17) is 0 Å². The number of benzene rings is 1. The lowest BCUT2D eigenvalue weighted by Gasteiger charge is -2.20. The van der Waals surface area contributed by atoms with Crippen LogP contribution < -0.4 is 0 Å².